The van der Waals surface area contributed by atoms with Gasteiger partial charge in [0.1, 0.15) is 25.2 Å². The highest BCUT2D eigenvalue weighted by atomic mass is 19.1. The van der Waals surface area contributed by atoms with Gasteiger partial charge in [0, 0.05) is 17.3 Å². The number of aromatic nitrogens is 1. The molecule has 0 aliphatic carbocycles. The molecule has 0 fully saturated rings. The van der Waals surface area contributed by atoms with Crippen LogP contribution in [0.2, 0.25) is 0 Å². The molecule has 5 heteroatoms. The van der Waals surface area contributed by atoms with Gasteiger partial charge in [-0.3, -0.25) is 0 Å². The summed E-state index contributed by atoms with van der Waals surface area (Å²) in [4.78, 5) is 0. The molecule has 0 unspecified atom stereocenters. The lowest BCUT2D eigenvalue weighted by Gasteiger charge is -2.09. The molecule has 0 aliphatic rings. The minimum Gasteiger partial charge on any atom is -0.457 e. The number of halogens is 1. The fourth-order valence-electron chi connectivity index (χ4n) is 3.10. The lowest BCUT2D eigenvalue weighted by atomic mass is 9.93. The molecule has 26 heavy (non-hydrogen) atoms. The Morgan fingerprint density at radius 3 is 2.23 bits per heavy atom. The van der Waals surface area contributed by atoms with E-state index in [-0.39, 0.29) is 5.82 Å². The van der Waals surface area contributed by atoms with Crippen molar-refractivity contribution in [3.63, 3.8) is 0 Å². The van der Waals surface area contributed by atoms with Crippen LogP contribution in [-0.2, 0) is 0 Å². The zero-order valence-corrected chi connectivity index (χ0v) is 14.1. The molecule has 0 saturated carbocycles. The van der Waals surface area contributed by atoms with Crippen molar-refractivity contribution in [2.24, 2.45) is 0 Å². The number of nitrogens with zero attached hydrogens (tertiary/aromatic N) is 2. The molecule has 0 saturated heterocycles. The highest BCUT2D eigenvalue weighted by Gasteiger charge is 2.10. The average Bonchev–Trinajstić information content (AvgIpc) is 3.01. The normalized spacial score (nSPS) is 10.6. The van der Waals surface area contributed by atoms with Crippen molar-refractivity contribution < 1.29 is 9.13 Å². The number of nitriles is 1. The average molecular weight is 340 g/mol. The van der Waals surface area contributed by atoms with E-state index in [9.17, 15) is 9.65 Å². The minimum atomic E-state index is -0.292. The third-order valence-electron chi connectivity index (χ3n) is 4.30. The van der Waals surface area contributed by atoms with Gasteiger partial charge in [-0.2, -0.15) is 5.26 Å². The van der Waals surface area contributed by atoms with Gasteiger partial charge >= 0.3 is 0 Å². The smallest absolute Gasteiger partial charge is 0.142 e. The van der Waals surface area contributed by atoms with Crippen molar-refractivity contribution in [1.82, 2.24) is 4.57 Å². The summed E-state index contributed by atoms with van der Waals surface area (Å²) in [6, 6.07) is 21.6. The van der Waals surface area contributed by atoms with Gasteiger partial charge in [0.05, 0.1) is 17.1 Å². The zero-order valence-electron chi connectivity index (χ0n) is 14.1. The molecule has 0 bridgehead atoms. The molecular weight excluding hydrogens is 326 g/mol. The van der Waals surface area contributed by atoms with Gasteiger partial charge in [0.25, 0.3) is 0 Å². The molecule has 0 amide bonds. The van der Waals surface area contributed by atoms with Crippen LogP contribution < -0.4 is 10.2 Å². The molecule has 3 aromatic carbocycles. The molecule has 124 valence electrons. The first-order valence-corrected chi connectivity index (χ1v) is 8.20. The van der Waals surface area contributed by atoms with E-state index in [1.54, 1.807) is 12.1 Å². The van der Waals surface area contributed by atoms with E-state index in [4.69, 9.17) is 4.74 Å². The largest absolute Gasteiger partial charge is 0.457 e. The summed E-state index contributed by atoms with van der Waals surface area (Å²) >= 11 is 0. The fourth-order valence-corrected chi connectivity index (χ4v) is 3.10. The molecule has 0 N–H and O–H groups in total. The van der Waals surface area contributed by atoms with Gasteiger partial charge in [0.2, 0.25) is 0 Å². The van der Waals surface area contributed by atoms with Gasteiger partial charge in [-0.1, -0.05) is 11.5 Å². The van der Waals surface area contributed by atoms with Crippen molar-refractivity contribution in [3.05, 3.63) is 84.3 Å². The van der Waals surface area contributed by atoms with Crippen LogP contribution in [0.15, 0.2) is 72.9 Å². The molecule has 1 heterocycles. The third kappa shape index (κ3) is 2.82. The van der Waals surface area contributed by atoms with Crippen molar-refractivity contribution >= 4 is 24.2 Å². The second-order valence-corrected chi connectivity index (χ2v) is 6.04. The number of hydrogen-bond donors (Lipinski definition) is 0. The quantitative estimate of drug-likeness (QED) is 0.534. The van der Waals surface area contributed by atoms with Gasteiger partial charge in [-0.15, -0.1) is 0 Å². The number of rotatable bonds is 3. The topological polar surface area (TPSA) is 38.0 Å². The molecule has 3 nitrogen and oxygen atoms in total. The summed E-state index contributed by atoms with van der Waals surface area (Å²) in [7, 11) is 2.01. The number of benzene rings is 3. The minimum absolute atomic E-state index is 0.292. The number of ether oxygens (including phenoxy) is 1. The van der Waals surface area contributed by atoms with Crippen LogP contribution in [-0.4, -0.2) is 12.4 Å². The van der Waals surface area contributed by atoms with Crippen molar-refractivity contribution in [3.8, 4) is 23.3 Å². The Balaban J connectivity index is 1.68. The molecule has 0 radical (unpaired) electrons. The first-order valence-electron chi connectivity index (χ1n) is 8.20. The zero-order chi connectivity index (χ0) is 18.1. The maximum Gasteiger partial charge on any atom is 0.142 e. The Hall–Kier alpha value is -3.52. The Morgan fingerprint density at radius 1 is 0.923 bits per heavy atom. The van der Waals surface area contributed by atoms with Crippen LogP contribution in [0.1, 0.15) is 5.56 Å². The van der Waals surface area contributed by atoms with E-state index < -0.39 is 0 Å². The maximum absolute atomic E-state index is 13.0. The second-order valence-electron chi connectivity index (χ2n) is 6.04. The highest BCUT2D eigenvalue weighted by molar-refractivity contribution is 6.39. The van der Waals surface area contributed by atoms with E-state index in [0.29, 0.717) is 17.1 Å². The Morgan fingerprint density at radius 2 is 1.58 bits per heavy atom. The van der Waals surface area contributed by atoms with Crippen LogP contribution in [0, 0.1) is 17.1 Å². The van der Waals surface area contributed by atoms with E-state index in [1.807, 2.05) is 56.5 Å². The summed E-state index contributed by atoms with van der Waals surface area (Å²) in [6.07, 6.45) is 2.03. The van der Waals surface area contributed by atoms with E-state index in [2.05, 4.69) is 10.6 Å². The van der Waals surface area contributed by atoms with Crippen LogP contribution >= 0.6 is 0 Å². The van der Waals surface area contributed by atoms with E-state index >= 15 is 0 Å². The van der Waals surface area contributed by atoms with Gasteiger partial charge in [-0.25, -0.2) is 4.39 Å². The van der Waals surface area contributed by atoms with Crippen LogP contribution in [0.3, 0.4) is 0 Å². The number of fused-ring (bicyclic) bond motifs is 1. The van der Waals surface area contributed by atoms with Crippen molar-refractivity contribution in [2.75, 3.05) is 0 Å². The Labute approximate surface area is 151 Å². The predicted octanol–water partition coefficient (Wildman–Crippen LogP) is 3.69. The highest BCUT2D eigenvalue weighted by Crippen LogP contribution is 2.25. The lowest BCUT2D eigenvalue weighted by Crippen LogP contribution is -2.00. The summed E-state index contributed by atoms with van der Waals surface area (Å²) < 4.78 is 20.8. The van der Waals surface area contributed by atoms with Crippen LogP contribution in [0.4, 0.5) is 4.39 Å². The van der Waals surface area contributed by atoms with Gasteiger partial charge in [-0.05, 0) is 60.7 Å². The molecule has 0 atom stereocenters. The fraction of sp³-hybridized carbons (Fsp3) is 0. The van der Waals surface area contributed by atoms with Crippen molar-refractivity contribution in [2.45, 2.75) is 0 Å². The maximum atomic E-state index is 13.0. The summed E-state index contributed by atoms with van der Waals surface area (Å²) in [6.45, 7) is 0. The summed E-state index contributed by atoms with van der Waals surface area (Å²) in [5.74, 6) is 0.964. The molecule has 0 aliphatic heterocycles. The van der Waals surface area contributed by atoms with Gasteiger partial charge < -0.3 is 9.30 Å². The standard InChI is InChI=1S/C21H14BFN2O/c22-19-13-25(20-3-1-2-14(12-24)21(19)20)16-6-10-18(11-7-16)26-17-8-4-15(23)5-9-17/h1-11,13H,22H2. The Bertz CT molecular complexity index is 1130. The molecule has 4 aromatic rings. The monoisotopic (exact) mass is 340 g/mol. The van der Waals surface area contributed by atoms with Gasteiger partial charge in [0.15, 0.2) is 0 Å². The lowest BCUT2D eigenvalue weighted by molar-refractivity contribution is 0.480. The van der Waals surface area contributed by atoms with Crippen molar-refractivity contribution in [1.29, 1.82) is 5.26 Å². The van der Waals surface area contributed by atoms with Crippen LogP contribution in [0.25, 0.3) is 16.6 Å². The van der Waals surface area contributed by atoms with E-state index in [1.165, 1.54) is 12.1 Å². The molecule has 0 spiro atoms. The summed E-state index contributed by atoms with van der Waals surface area (Å²) in [5, 5.41) is 10.3. The molecule has 4 rings (SSSR count). The second kappa shape index (κ2) is 6.42. The third-order valence-corrected chi connectivity index (χ3v) is 4.30. The molecular formula is C21H14BFN2O. The molecule has 1 aromatic heterocycles. The summed E-state index contributed by atoms with van der Waals surface area (Å²) in [5.41, 5.74) is 3.71. The first-order chi connectivity index (χ1) is 12.7. The predicted molar refractivity (Wildman–Crippen MR) is 103 cm³/mol. The van der Waals surface area contributed by atoms with E-state index in [0.717, 1.165) is 22.1 Å². The number of hydrogen-bond acceptors (Lipinski definition) is 2. The first kappa shape index (κ1) is 16.0. The Kier molecular flexibility index (Phi) is 3.94. The van der Waals surface area contributed by atoms with Crippen LogP contribution in [0.5, 0.6) is 11.5 Å². The SMILES string of the molecule is Bc1cn(-c2ccc(Oc3ccc(F)cc3)cc2)c2cccc(C#N)c12.